The minimum Gasteiger partial charge on any atom is -0.337 e. The predicted octanol–water partition coefficient (Wildman–Crippen LogP) is 2.85. The lowest BCUT2D eigenvalue weighted by atomic mass is 10.2. The van der Waals surface area contributed by atoms with E-state index in [1.165, 1.54) is 12.1 Å². The Balaban J connectivity index is 1.76. The molecule has 2 amide bonds. The molecule has 2 aromatic rings. The number of carbonyl (C=O) groups excluding carboxylic acids is 2. The third-order valence-corrected chi connectivity index (χ3v) is 3.77. The molecule has 1 aliphatic heterocycles. The third kappa shape index (κ3) is 3.40. The van der Waals surface area contributed by atoms with E-state index in [9.17, 15) is 18.4 Å². The molecule has 5 nitrogen and oxygen atoms in total. The van der Waals surface area contributed by atoms with E-state index in [2.05, 4.69) is 10.3 Å². The molecule has 1 aromatic carbocycles. The summed E-state index contributed by atoms with van der Waals surface area (Å²) in [6.45, 7) is 1.37. The highest BCUT2D eigenvalue weighted by Gasteiger charge is 2.21. The molecule has 1 aliphatic rings. The summed E-state index contributed by atoms with van der Waals surface area (Å²) in [6, 6.07) is 7.62. The molecule has 0 aliphatic carbocycles. The number of pyridine rings is 1. The minimum absolute atomic E-state index is 0.0322. The normalized spacial score (nSPS) is 13.8. The molecule has 1 N–H and O–H groups in total. The summed E-state index contributed by atoms with van der Waals surface area (Å²) >= 11 is 0. The number of halogens is 2. The molecule has 2 heterocycles. The van der Waals surface area contributed by atoms with Gasteiger partial charge in [0.2, 0.25) is 0 Å². The van der Waals surface area contributed by atoms with Crippen molar-refractivity contribution in [2.75, 3.05) is 18.4 Å². The Hall–Kier alpha value is -2.83. The summed E-state index contributed by atoms with van der Waals surface area (Å²) in [4.78, 5) is 30.3. The molecule has 1 aromatic heterocycles. The first-order valence-electron chi connectivity index (χ1n) is 7.57. The number of carbonyl (C=O) groups is 2. The summed E-state index contributed by atoms with van der Waals surface area (Å²) < 4.78 is 26.1. The molecular formula is C17H15F2N3O2. The van der Waals surface area contributed by atoms with Crippen molar-refractivity contribution < 1.29 is 18.4 Å². The van der Waals surface area contributed by atoms with E-state index in [0.717, 1.165) is 25.0 Å². The maximum atomic E-state index is 13.2. The van der Waals surface area contributed by atoms with Gasteiger partial charge in [0.25, 0.3) is 11.8 Å². The average molecular weight is 331 g/mol. The Labute approximate surface area is 137 Å². The van der Waals surface area contributed by atoms with Gasteiger partial charge in [-0.3, -0.25) is 9.59 Å². The Morgan fingerprint density at radius 3 is 2.42 bits per heavy atom. The fourth-order valence-corrected chi connectivity index (χ4v) is 2.53. The Kier molecular flexibility index (Phi) is 4.50. The van der Waals surface area contributed by atoms with Gasteiger partial charge in [0.15, 0.2) is 11.6 Å². The van der Waals surface area contributed by atoms with E-state index in [1.807, 2.05) is 0 Å². The van der Waals surface area contributed by atoms with Crippen LogP contribution >= 0.6 is 0 Å². The Morgan fingerprint density at radius 2 is 1.71 bits per heavy atom. The number of benzene rings is 1. The van der Waals surface area contributed by atoms with Crippen molar-refractivity contribution in [3.05, 3.63) is 59.4 Å². The fourth-order valence-electron chi connectivity index (χ4n) is 2.53. The molecule has 1 fully saturated rings. The molecule has 0 atom stereocenters. The van der Waals surface area contributed by atoms with Crippen LogP contribution in [0.1, 0.15) is 33.8 Å². The quantitative estimate of drug-likeness (QED) is 0.941. The number of anilines is 1. The van der Waals surface area contributed by atoms with Gasteiger partial charge in [-0.2, -0.15) is 0 Å². The summed E-state index contributed by atoms with van der Waals surface area (Å²) in [6.07, 6.45) is 1.92. The highest BCUT2D eigenvalue weighted by atomic mass is 19.2. The molecule has 7 heteroatoms. The molecule has 0 unspecified atom stereocenters. The minimum atomic E-state index is -1.06. The molecule has 0 radical (unpaired) electrons. The SMILES string of the molecule is O=C(Nc1ccc(F)c(F)c1)c1cccc(C(=O)N2CCCC2)n1. The number of nitrogens with one attached hydrogen (secondary N) is 1. The van der Waals surface area contributed by atoms with Crippen LogP contribution in [-0.4, -0.2) is 34.8 Å². The van der Waals surface area contributed by atoms with Gasteiger partial charge in [0.05, 0.1) is 0 Å². The molecule has 3 rings (SSSR count). The second-order valence-electron chi connectivity index (χ2n) is 5.49. The first-order chi connectivity index (χ1) is 11.5. The first-order valence-corrected chi connectivity index (χ1v) is 7.57. The van der Waals surface area contributed by atoms with Gasteiger partial charge in [-0.1, -0.05) is 6.07 Å². The predicted molar refractivity (Wildman–Crippen MR) is 83.7 cm³/mol. The van der Waals surface area contributed by atoms with Gasteiger partial charge < -0.3 is 10.2 Å². The van der Waals surface area contributed by atoms with Crippen LogP contribution in [0.5, 0.6) is 0 Å². The number of rotatable bonds is 3. The summed E-state index contributed by atoms with van der Waals surface area (Å²) in [5, 5.41) is 2.43. The average Bonchev–Trinajstić information content (AvgIpc) is 3.12. The van der Waals surface area contributed by atoms with Crippen molar-refractivity contribution in [1.29, 1.82) is 0 Å². The zero-order chi connectivity index (χ0) is 17.1. The van der Waals surface area contributed by atoms with Crippen LogP contribution in [0.3, 0.4) is 0 Å². The van der Waals surface area contributed by atoms with Gasteiger partial charge in [-0.05, 0) is 37.1 Å². The van der Waals surface area contributed by atoms with Crippen LogP contribution in [0.2, 0.25) is 0 Å². The zero-order valence-corrected chi connectivity index (χ0v) is 12.8. The maximum absolute atomic E-state index is 13.2. The molecule has 124 valence electrons. The lowest BCUT2D eigenvalue weighted by Crippen LogP contribution is -2.29. The van der Waals surface area contributed by atoms with Crippen LogP contribution in [0.25, 0.3) is 0 Å². The lowest BCUT2D eigenvalue weighted by molar-refractivity contribution is 0.0787. The summed E-state index contributed by atoms with van der Waals surface area (Å²) in [7, 11) is 0. The molecule has 1 saturated heterocycles. The van der Waals surface area contributed by atoms with Crippen molar-refractivity contribution in [3.8, 4) is 0 Å². The third-order valence-electron chi connectivity index (χ3n) is 3.77. The van der Waals surface area contributed by atoms with Crippen molar-refractivity contribution in [1.82, 2.24) is 9.88 Å². The Morgan fingerprint density at radius 1 is 1.00 bits per heavy atom. The standard InChI is InChI=1S/C17H15F2N3O2/c18-12-7-6-11(10-13(12)19)20-16(23)14-4-3-5-15(21-14)17(24)22-8-1-2-9-22/h3-7,10H,1-2,8-9H2,(H,20,23). The molecular weight excluding hydrogens is 316 g/mol. The van der Waals surface area contributed by atoms with Gasteiger partial charge in [0.1, 0.15) is 11.4 Å². The van der Waals surface area contributed by atoms with Crippen molar-refractivity contribution in [2.24, 2.45) is 0 Å². The Bertz CT molecular complexity index is 789. The van der Waals surface area contributed by atoms with Crippen molar-refractivity contribution in [3.63, 3.8) is 0 Å². The van der Waals surface area contributed by atoms with E-state index in [1.54, 1.807) is 17.0 Å². The van der Waals surface area contributed by atoms with Crippen molar-refractivity contribution >= 4 is 17.5 Å². The summed E-state index contributed by atoms with van der Waals surface area (Å²) in [5.41, 5.74) is 0.330. The number of aromatic nitrogens is 1. The molecule has 0 saturated carbocycles. The van der Waals surface area contributed by atoms with Crippen LogP contribution in [0.15, 0.2) is 36.4 Å². The second-order valence-corrected chi connectivity index (χ2v) is 5.49. The van der Waals surface area contributed by atoms with E-state index in [4.69, 9.17) is 0 Å². The van der Waals surface area contributed by atoms with E-state index >= 15 is 0 Å². The largest absolute Gasteiger partial charge is 0.337 e. The van der Waals surface area contributed by atoms with E-state index < -0.39 is 17.5 Å². The van der Waals surface area contributed by atoms with Gasteiger partial charge in [0, 0.05) is 24.8 Å². The lowest BCUT2D eigenvalue weighted by Gasteiger charge is -2.14. The maximum Gasteiger partial charge on any atom is 0.274 e. The number of nitrogens with zero attached hydrogens (tertiary/aromatic N) is 2. The smallest absolute Gasteiger partial charge is 0.274 e. The number of amides is 2. The van der Waals surface area contributed by atoms with Gasteiger partial charge >= 0.3 is 0 Å². The highest BCUT2D eigenvalue weighted by molar-refractivity contribution is 6.03. The van der Waals surface area contributed by atoms with Crippen LogP contribution in [0.4, 0.5) is 14.5 Å². The van der Waals surface area contributed by atoms with E-state index in [0.29, 0.717) is 13.1 Å². The number of likely N-dealkylation sites (tertiary alicyclic amines) is 1. The number of hydrogen-bond donors (Lipinski definition) is 1. The van der Waals surface area contributed by atoms with E-state index in [-0.39, 0.29) is 23.0 Å². The number of hydrogen-bond acceptors (Lipinski definition) is 3. The first kappa shape index (κ1) is 16.0. The van der Waals surface area contributed by atoms with Crippen LogP contribution in [-0.2, 0) is 0 Å². The molecule has 0 bridgehead atoms. The fraction of sp³-hybridized carbons (Fsp3) is 0.235. The molecule has 24 heavy (non-hydrogen) atoms. The second kappa shape index (κ2) is 6.74. The zero-order valence-electron chi connectivity index (χ0n) is 12.8. The van der Waals surface area contributed by atoms with Crippen LogP contribution < -0.4 is 5.32 Å². The summed E-state index contributed by atoms with van der Waals surface area (Å²) in [5.74, 6) is -2.87. The van der Waals surface area contributed by atoms with Crippen molar-refractivity contribution in [2.45, 2.75) is 12.8 Å². The molecule has 0 spiro atoms. The topological polar surface area (TPSA) is 62.3 Å². The highest BCUT2D eigenvalue weighted by Crippen LogP contribution is 2.15. The monoisotopic (exact) mass is 331 g/mol. The van der Waals surface area contributed by atoms with Gasteiger partial charge in [-0.15, -0.1) is 0 Å². The van der Waals surface area contributed by atoms with Crippen LogP contribution in [0, 0.1) is 11.6 Å². The van der Waals surface area contributed by atoms with Gasteiger partial charge in [-0.25, -0.2) is 13.8 Å².